The highest BCUT2D eigenvalue weighted by atomic mass is 16.7. The Morgan fingerprint density at radius 3 is 2.36 bits per heavy atom. The molecule has 0 aromatic heterocycles. The molecule has 1 saturated heterocycles. The summed E-state index contributed by atoms with van der Waals surface area (Å²) in [5, 5.41) is 38.9. The fraction of sp³-hybridized carbons (Fsp3) is 0.600. The molecule has 0 saturated carbocycles. The van der Waals surface area contributed by atoms with Crippen molar-refractivity contribution in [3.8, 4) is 0 Å². The first kappa shape index (κ1) is 15.9. The molecule has 6 atom stereocenters. The van der Waals surface area contributed by atoms with Crippen molar-refractivity contribution in [2.45, 2.75) is 70.1 Å². The molecule has 1 unspecified atom stereocenters. The Bertz CT molecular complexity index is 842. The minimum atomic E-state index is -3.25. The van der Waals surface area contributed by atoms with Crippen LogP contribution in [0.4, 0.5) is 0 Å². The number of aliphatic hydroxyl groups is 3. The average molecular weight is 401 g/mol. The Morgan fingerprint density at radius 1 is 1.18 bits per heavy atom. The molecule has 8 heteroatoms. The quantitative estimate of drug-likeness (QED) is 0.493. The molecule has 4 N–H and O–H groups in total. The number of aliphatic carboxylic acids is 1. The van der Waals surface area contributed by atoms with Crippen molar-refractivity contribution >= 4 is 11.9 Å². The predicted octanol–water partition coefficient (Wildman–Crippen LogP) is 0.814. The van der Waals surface area contributed by atoms with Crippen LogP contribution in [0.3, 0.4) is 0 Å². The van der Waals surface area contributed by atoms with Gasteiger partial charge in [0.2, 0.25) is 6.29 Å². The second-order valence-electron chi connectivity index (χ2n) is 7.09. The molecule has 1 aromatic carbocycles. The van der Waals surface area contributed by atoms with Crippen molar-refractivity contribution in [2.75, 3.05) is 0 Å². The third-order valence-corrected chi connectivity index (χ3v) is 4.38. The van der Waals surface area contributed by atoms with Crippen LogP contribution in [0.5, 0.6) is 0 Å². The summed E-state index contributed by atoms with van der Waals surface area (Å²) in [5.74, 6) is -4.84. The summed E-state index contributed by atoms with van der Waals surface area (Å²) in [6.45, 7) is 0.734. The summed E-state index contributed by atoms with van der Waals surface area (Å²) >= 11 is 0. The highest BCUT2D eigenvalue weighted by molar-refractivity contribution is 5.78. The summed E-state index contributed by atoms with van der Waals surface area (Å²) < 4.78 is 48.8. The number of hydrogen-bond acceptors (Lipinski definition) is 7. The number of hydrogen-bond donors (Lipinski definition) is 4. The fourth-order valence-corrected chi connectivity index (χ4v) is 2.93. The standard InChI is InChI=1S/C20H28O8/c1-4-13(12-7-5-11(6-8-12)9-10(2)3)19(26)28-20-16(23)14(21)15(22)17(27-20)18(24)25/h5-8,10,13-17,20-23H,4,9H2,1-3H3,(H,24,25)/t13?,14-,15-,16+,17-,20-/m0/s1/i1D3,4D2. The van der Waals surface area contributed by atoms with E-state index in [2.05, 4.69) is 0 Å². The monoisotopic (exact) mass is 401 g/mol. The molecule has 1 aromatic rings. The number of carboxylic acids is 1. The number of carbonyl (C=O) groups is 2. The van der Waals surface area contributed by atoms with E-state index in [-0.39, 0.29) is 5.56 Å². The van der Waals surface area contributed by atoms with E-state index in [1.165, 1.54) is 12.1 Å². The van der Waals surface area contributed by atoms with Crippen molar-refractivity contribution in [3.05, 3.63) is 35.4 Å². The Balaban J connectivity index is 2.39. The van der Waals surface area contributed by atoms with Gasteiger partial charge in [-0.1, -0.05) is 45.0 Å². The number of rotatable bonds is 7. The first-order valence-electron chi connectivity index (χ1n) is 11.3. The van der Waals surface area contributed by atoms with Crippen molar-refractivity contribution in [3.63, 3.8) is 0 Å². The number of aliphatic hydroxyl groups excluding tert-OH is 3. The van der Waals surface area contributed by atoms with Crippen LogP contribution in [0.2, 0.25) is 0 Å². The Morgan fingerprint density at radius 2 is 1.82 bits per heavy atom. The van der Waals surface area contributed by atoms with Gasteiger partial charge in [-0.3, -0.25) is 4.79 Å². The summed E-state index contributed by atoms with van der Waals surface area (Å²) in [5.41, 5.74) is 0.858. The molecular weight excluding hydrogens is 368 g/mol. The SMILES string of the molecule is [2H]C([2H])([2H])C([2H])([2H])C(C(=O)O[C@@H]1O[C@H](C(=O)O)[C@@H](O)[C@H](O)[C@H]1O)c1ccc(CC(C)C)cc1. The zero-order chi connectivity index (χ0) is 25.3. The summed E-state index contributed by atoms with van der Waals surface area (Å²) in [6.07, 6.45) is -12.7. The molecule has 0 bridgehead atoms. The van der Waals surface area contributed by atoms with Gasteiger partial charge in [-0.15, -0.1) is 0 Å². The van der Waals surface area contributed by atoms with Gasteiger partial charge in [0, 0.05) is 6.85 Å². The van der Waals surface area contributed by atoms with Crippen molar-refractivity contribution < 1.29 is 46.3 Å². The maximum atomic E-state index is 13.0. The number of carbonyl (C=O) groups excluding carboxylic acids is 1. The molecule has 28 heavy (non-hydrogen) atoms. The van der Waals surface area contributed by atoms with E-state index in [0.29, 0.717) is 12.3 Å². The van der Waals surface area contributed by atoms with E-state index in [9.17, 15) is 24.9 Å². The lowest BCUT2D eigenvalue weighted by molar-refractivity contribution is -0.286. The van der Waals surface area contributed by atoms with Gasteiger partial charge < -0.3 is 29.9 Å². The summed E-state index contributed by atoms with van der Waals surface area (Å²) in [7, 11) is 0. The molecule has 1 heterocycles. The Hall–Kier alpha value is -2.00. The largest absolute Gasteiger partial charge is 0.479 e. The second kappa shape index (κ2) is 9.47. The van der Waals surface area contributed by atoms with Gasteiger partial charge in [-0.2, -0.15) is 0 Å². The maximum absolute atomic E-state index is 13.0. The number of ether oxygens (including phenoxy) is 2. The van der Waals surface area contributed by atoms with Gasteiger partial charge in [0.15, 0.2) is 6.10 Å². The van der Waals surface area contributed by atoms with E-state index in [1.54, 1.807) is 12.1 Å². The lowest BCUT2D eigenvalue weighted by atomic mass is 9.94. The molecule has 0 amide bonds. The normalized spacial score (nSPS) is 32.4. The first-order valence-corrected chi connectivity index (χ1v) is 8.79. The fourth-order valence-electron chi connectivity index (χ4n) is 2.93. The van der Waals surface area contributed by atoms with E-state index in [1.807, 2.05) is 13.8 Å². The zero-order valence-corrected chi connectivity index (χ0v) is 15.5. The lowest BCUT2D eigenvalue weighted by Crippen LogP contribution is -2.60. The van der Waals surface area contributed by atoms with Crippen LogP contribution >= 0.6 is 0 Å². The van der Waals surface area contributed by atoms with Crippen LogP contribution in [-0.2, 0) is 25.5 Å². The Labute approximate surface area is 170 Å². The minimum Gasteiger partial charge on any atom is -0.479 e. The van der Waals surface area contributed by atoms with E-state index >= 15 is 0 Å². The molecule has 1 aliphatic rings. The maximum Gasteiger partial charge on any atom is 0.335 e. The van der Waals surface area contributed by atoms with Gasteiger partial charge in [-0.05, 0) is 29.8 Å². The Kier molecular flexibility index (Phi) is 5.37. The average Bonchev–Trinajstić information content (AvgIpc) is 2.68. The lowest BCUT2D eigenvalue weighted by Gasteiger charge is -2.38. The molecule has 0 spiro atoms. The van der Waals surface area contributed by atoms with E-state index in [4.69, 9.17) is 21.4 Å². The van der Waals surface area contributed by atoms with Crippen LogP contribution in [0, 0.1) is 5.92 Å². The van der Waals surface area contributed by atoms with Crippen LogP contribution in [-0.4, -0.2) is 63.1 Å². The summed E-state index contributed by atoms with van der Waals surface area (Å²) in [6, 6.07) is 6.03. The highest BCUT2D eigenvalue weighted by Gasteiger charge is 2.48. The van der Waals surface area contributed by atoms with E-state index < -0.39 is 61.8 Å². The van der Waals surface area contributed by atoms with Crippen molar-refractivity contribution in [1.29, 1.82) is 0 Å². The summed E-state index contributed by atoms with van der Waals surface area (Å²) in [4.78, 5) is 24.2. The molecule has 8 nitrogen and oxygen atoms in total. The van der Waals surface area contributed by atoms with Gasteiger partial charge in [0.25, 0.3) is 0 Å². The molecule has 0 radical (unpaired) electrons. The second-order valence-corrected chi connectivity index (χ2v) is 7.09. The van der Waals surface area contributed by atoms with E-state index in [0.717, 1.165) is 5.56 Å². The number of carboxylic acid groups (broad SMARTS) is 1. The molecular formula is C20H28O8. The van der Waals surface area contributed by atoms with Crippen LogP contribution in [0.1, 0.15) is 51.0 Å². The predicted molar refractivity (Wildman–Crippen MR) is 98.4 cm³/mol. The van der Waals surface area contributed by atoms with Crippen molar-refractivity contribution in [2.24, 2.45) is 5.92 Å². The highest BCUT2D eigenvalue weighted by Crippen LogP contribution is 2.27. The number of benzene rings is 1. The topological polar surface area (TPSA) is 134 Å². The third-order valence-electron chi connectivity index (χ3n) is 4.38. The zero-order valence-electron chi connectivity index (χ0n) is 20.5. The van der Waals surface area contributed by atoms with Gasteiger partial charge in [0.05, 0.1) is 5.92 Å². The molecule has 2 rings (SSSR count). The molecule has 156 valence electrons. The van der Waals surface area contributed by atoms with Gasteiger partial charge >= 0.3 is 11.9 Å². The first-order chi connectivity index (χ1) is 15.1. The molecule has 1 aliphatic heterocycles. The minimum absolute atomic E-state index is 0.0192. The smallest absolute Gasteiger partial charge is 0.335 e. The molecule has 1 fully saturated rings. The number of esters is 1. The van der Waals surface area contributed by atoms with Crippen LogP contribution in [0.25, 0.3) is 0 Å². The van der Waals surface area contributed by atoms with Gasteiger partial charge in [-0.25, -0.2) is 4.79 Å². The van der Waals surface area contributed by atoms with Crippen molar-refractivity contribution in [1.82, 2.24) is 0 Å². The third kappa shape index (κ3) is 5.08. The molecule has 0 aliphatic carbocycles. The van der Waals surface area contributed by atoms with Gasteiger partial charge in [0.1, 0.15) is 18.3 Å². The van der Waals surface area contributed by atoms with Crippen LogP contribution < -0.4 is 0 Å². The van der Waals surface area contributed by atoms with Crippen LogP contribution in [0.15, 0.2) is 24.3 Å².